The lowest BCUT2D eigenvalue weighted by atomic mass is 9.83. The van der Waals surface area contributed by atoms with Crippen LogP contribution in [0.15, 0.2) is 42.5 Å². The number of halogens is 1. The second-order valence-electron chi connectivity index (χ2n) is 5.93. The highest BCUT2D eigenvalue weighted by Gasteiger charge is 2.42. The first-order valence-electron chi connectivity index (χ1n) is 7.95. The van der Waals surface area contributed by atoms with Gasteiger partial charge < -0.3 is 10.4 Å². The summed E-state index contributed by atoms with van der Waals surface area (Å²) in [5, 5.41) is 12.0. The van der Waals surface area contributed by atoms with Crippen molar-refractivity contribution >= 4 is 29.1 Å². The molecule has 0 spiro atoms. The molecule has 2 aromatic carbocycles. The van der Waals surface area contributed by atoms with Crippen molar-refractivity contribution in [3.63, 3.8) is 0 Å². The van der Waals surface area contributed by atoms with Gasteiger partial charge in [0.1, 0.15) is 11.9 Å². The Hall–Kier alpha value is -2.99. The van der Waals surface area contributed by atoms with Crippen LogP contribution in [0.3, 0.4) is 0 Å². The Morgan fingerprint density at radius 2 is 2.00 bits per heavy atom. The van der Waals surface area contributed by atoms with Gasteiger partial charge in [0.05, 0.1) is 12.2 Å². The molecule has 0 fully saturated rings. The number of benzene rings is 2. The summed E-state index contributed by atoms with van der Waals surface area (Å²) in [7, 11) is 0. The summed E-state index contributed by atoms with van der Waals surface area (Å²) in [4.78, 5) is 27.4. The van der Waals surface area contributed by atoms with E-state index in [1.165, 1.54) is 23.1 Å². The number of anilines is 2. The second kappa shape index (κ2) is 5.82. The van der Waals surface area contributed by atoms with Crippen LogP contribution in [0.25, 0.3) is 6.08 Å². The van der Waals surface area contributed by atoms with E-state index >= 15 is 0 Å². The molecule has 0 saturated carbocycles. The van der Waals surface area contributed by atoms with Gasteiger partial charge in [0.25, 0.3) is 5.91 Å². The summed E-state index contributed by atoms with van der Waals surface area (Å²) >= 11 is 0. The van der Waals surface area contributed by atoms with Gasteiger partial charge in [0.2, 0.25) is 0 Å². The van der Waals surface area contributed by atoms with Gasteiger partial charge in [-0.15, -0.1) is 0 Å². The van der Waals surface area contributed by atoms with E-state index in [2.05, 4.69) is 5.32 Å². The maximum atomic E-state index is 13.7. The fourth-order valence-electron chi connectivity index (χ4n) is 3.37. The van der Waals surface area contributed by atoms with Crippen LogP contribution in [0.1, 0.15) is 26.3 Å². The highest BCUT2D eigenvalue weighted by Crippen LogP contribution is 2.38. The zero-order chi connectivity index (χ0) is 17.6. The standard InChI is InChI=1S/C19H15FN2O3/c20-12-2-1-3-13(10-12)22-15-7-5-11-4-6-14(21-8-9-23)17(19(22)25)16(11)18(15)24/h1-7,10,15,21,23H,8-9H2. The van der Waals surface area contributed by atoms with Gasteiger partial charge >= 0.3 is 0 Å². The molecule has 0 aromatic heterocycles. The maximum Gasteiger partial charge on any atom is 0.262 e. The zero-order valence-electron chi connectivity index (χ0n) is 13.2. The van der Waals surface area contributed by atoms with Gasteiger partial charge in [0, 0.05) is 23.5 Å². The Morgan fingerprint density at radius 1 is 1.16 bits per heavy atom. The summed E-state index contributed by atoms with van der Waals surface area (Å²) in [6, 6.07) is 8.35. The SMILES string of the molecule is O=C1c2c3ccc(NCCO)c2C(=O)N(c2cccc(F)c2)C1C=C3. The minimum atomic E-state index is -0.776. The Kier molecular flexibility index (Phi) is 3.62. The molecule has 6 heteroatoms. The minimum Gasteiger partial charge on any atom is -0.395 e. The quantitative estimate of drug-likeness (QED) is 0.899. The fraction of sp³-hybridized carbons (Fsp3) is 0.158. The first-order chi connectivity index (χ1) is 12.1. The number of rotatable bonds is 4. The van der Waals surface area contributed by atoms with E-state index in [0.29, 0.717) is 22.5 Å². The lowest BCUT2D eigenvalue weighted by molar-refractivity contribution is 0.0885. The van der Waals surface area contributed by atoms with Crippen molar-refractivity contribution < 1.29 is 19.1 Å². The van der Waals surface area contributed by atoms with Gasteiger partial charge in [-0.05, 0) is 29.8 Å². The van der Waals surface area contributed by atoms with E-state index in [0.717, 1.165) is 0 Å². The Labute approximate surface area is 143 Å². The molecule has 4 rings (SSSR count). The molecule has 5 nitrogen and oxygen atoms in total. The smallest absolute Gasteiger partial charge is 0.262 e. The van der Waals surface area contributed by atoms with Gasteiger partial charge in [-0.1, -0.05) is 24.3 Å². The molecule has 1 unspecified atom stereocenters. The maximum absolute atomic E-state index is 13.7. The van der Waals surface area contributed by atoms with E-state index in [4.69, 9.17) is 5.11 Å². The predicted octanol–water partition coefficient (Wildman–Crippen LogP) is 2.47. The van der Waals surface area contributed by atoms with Crippen molar-refractivity contribution in [2.24, 2.45) is 0 Å². The van der Waals surface area contributed by atoms with E-state index in [1.807, 2.05) is 0 Å². The summed E-state index contributed by atoms with van der Waals surface area (Å²) in [6.07, 6.45) is 3.47. The van der Waals surface area contributed by atoms with Crippen LogP contribution in [0.2, 0.25) is 0 Å². The van der Waals surface area contributed by atoms with Gasteiger partial charge in [-0.2, -0.15) is 0 Å². The number of hydrogen-bond acceptors (Lipinski definition) is 4. The largest absolute Gasteiger partial charge is 0.395 e. The molecular formula is C19H15FN2O3. The molecule has 126 valence electrons. The van der Waals surface area contributed by atoms with Crippen molar-refractivity contribution in [2.45, 2.75) is 6.04 Å². The number of nitrogens with one attached hydrogen (secondary N) is 1. The first kappa shape index (κ1) is 15.5. The van der Waals surface area contributed by atoms with E-state index in [9.17, 15) is 14.0 Å². The van der Waals surface area contributed by atoms with Gasteiger partial charge in [-0.25, -0.2) is 4.39 Å². The molecule has 0 saturated heterocycles. The third kappa shape index (κ3) is 2.34. The number of fused-ring (bicyclic) bond motifs is 1. The number of aliphatic hydroxyl groups is 1. The molecule has 1 atom stereocenters. The van der Waals surface area contributed by atoms with Crippen LogP contribution < -0.4 is 10.2 Å². The Bertz CT molecular complexity index is 923. The predicted molar refractivity (Wildman–Crippen MR) is 92.4 cm³/mol. The third-order valence-corrected chi connectivity index (χ3v) is 4.44. The molecule has 2 bridgehead atoms. The number of carbonyl (C=O) groups excluding carboxylic acids is 2. The second-order valence-corrected chi connectivity index (χ2v) is 5.93. The number of aliphatic hydroxyl groups excluding tert-OH is 1. The van der Waals surface area contributed by atoms with E-state index in [-0.39, 0.29) is 30.4 Å². The number of hydrogen-bond donors (Lipinski definition) is 2. The van der Waals surface area contributed by atoms with E-state index in [1.54, 1.807) is 30.4 Å². The lowest BCUT2D eigenvalue weighted by Crippen LogP contribution is -2.50. The van der Waals surface area contributed by atoms with Crippen LogP contribution in [-0.2, 0) is 0 Å². The molecule has 25 heavy (non-hydrogen) atoms. The van der Waals surface area contributed by atoms with Crippen LogP contribution >= 0.6 is 0 Å². The van der Waals surface area contributed by atoms with Gasteiger partial charge in [-0.3, -0.25) is 14.5 Å². The molecule has 1 heterocycles. The average molecular weight is 338 g/mol. The molecule has 1 aliphatic heterocycles. The Morgan fingerprint density at radius 3 is 2.76 bits per heavy atom. The Balaban J connectivity index is 1.91. The van der Waals surface area contributed by atoms with Crippen molar-refractivity contribution in [2.75, 3.05) is 23.4 Å². The molecule has 2 aromatic rings. The molecule has 2 aliphatic rings. The van der Waals surface area contributed by atoms with Crippen molar-refractivity contribution in [1.82, 2.24) is 0 Å². The molecule has 1 aliphatic carbocycles. The van der Waals surface area contributed by atoms with Crippen LogP contribution in [-0.4, -0.2) is 36.0 Å². The van der Waals surface area contributed by atoms with Crippen LogP contribution in [0, 0.1) is 5.82 Å². The monoisotopic (exact) mass is 338 g/mol. The average Bonchev–Trinajstić information content (AvgIpc) is 2.60. The van der Waals surface area contributed by atoms with Crippen LogP contribution in [0.5, 0.6) is 0 Å². The number of carbonyl (C=O) groups is 2. The first-order valence-corrected chi connectivity index (χ1v) is 7.95. The minimum absolute atomic E-state index is 0.102. The van der Waals surface area contributed by atoms with Crippen molar-refractivity contribution in [3.05, 3.63) is 65.0 Å². The van der Waals surface area contributed by atoms with Crippen LogP contribution in [0.4, 0.5) is 15.8 Å². The molecule has 0 radical (unpaired) electrons. The number of nitrogens with zero attached hydrogens (tertiary/aromatic N) is 1. The zero-order valence-corrected chi connectivity index (χ0v) is 13.2. The molecular weight excluding hydrogens is 323 g/mol. The topological polar surface area (TPSA) is 69.6 Å². The fourth-order valence-corrected chi connectivity index (χ4v) is 3.37. The third-order valence-electron chi connectivity index (χ3n) is 4.44. The molecule has 1 amide bonds. The molecule has 2 N–H and O–H groups in total. The lowest BCUT2D eigenvalue weighted by Gasteiger charge is -2.37. The highest BCUT2D eigenvalue weighted by atomic mass is 19.1. The van der Waals surface area contributed by atoms with E-state index < -0.39 is 11.9 Å². The summed E-state index contributed by atoms with van der Waals surface area (Å²) < 4.78 is 13.7. The normalized spacial score (nSPS) is 17.8. The van der Waals surface area contributed by atoms with Crippen molar-refractivity contribution in [1.29, 1.82) is 0 Å². The number of amides is 1. The highest BCUT2D eigenvalue weighted by molar-refractivity contribution is 6.27. The number of Topliss-reactive ketones (excluding diaryl/α,β-unsaturated/α-hetero) is 1. The summed E-state index contributed by atoms with van der Waals surface area (Å²) in [6.45, 7) is 0.154. The summed E-state index contributed by atoms with van der Waals surface area (Å²) in [5.41, 5.74) is 2.16. The van der Waals surface area contributed by atoms with Crippen molar-refractivity contribution in [3.8, 4) is 0 Å². The van der Waals surface area contributed by atoms with Gasteiger partial charge in [0.15, 0.2) is 5.78 Å². The summed E-state index contributed by atoms with van der Waals surface area (Å²) in [5.74, 6) is -1.03. The number of ketones is 1.